The zero-order valence-electron chi connectivity index (χ0n) is 9.67. The van der Waals surface area contributed by atoms with Crippen molar-refractivity contribution in [3.8, 4) is 0 Å². The molecule has 80 valence electrons. The van der Waals surface area contributed by atoms with E-state index in [0.29, 0.717) is 6.04 Å². The van der Waals surface area contributed by atoms with Gasteiger partial charge in [-0.15, -0.1) is 0 Å². The molecule has 0 saturated heterocycles. The molecule has 14 heavy (non-hydrogen) atoms. The summed E-state index contributed by atoms with van der Waals surface area (Å²) >= 11 is 0. The first kappa shape index (κ1) is 11.2. The van der Waals surface area contributed by atoms with E-state index in [1.807, 2.05) is 6.92 Å². The fourth-order valence-electron chi connectivity index (χ4n) is 1.80. The number of nitrogens with zero attached hydrogens (tertiary/aromatic N) is 2. The van der Waals surface area contributed by atoms with Crippen LogP contribution in [0.5, 0.6) is 0 Å². The lowest BCUT2D eigenvalue weighted by Crippen LogP contribution is -2.23. The molecule has 1 unspecified atom stereocenters. The quantitative estimate of drug-likeness (QED) is 0.781. The zero-order chi connectivity index (χ0) is 10.6. The number of aryl methyl sites for hydroxylation is 2. The molecule has 1 heterocycles. The fraction of sp³-hybridized carbons (Fsp3) is 0.727. The van der Waals surface area contributed by atoms with Gasteiger partial charge in [0.1, 0.15) is 0 Å². The van der Waals surface area contributed by atoms with E-state index in [-0.39, 0.29) is 0 Å². The van der Waals surface area contributed by atoms with Crippen LogP contribution in [0.4, 0.5) is 0 Å². The maximum atomic E-state index is 4.46. The highest BCUT2D eigenvalue weighted by Crippen LogP contribution is 2.17. The summed E-state index contributed by atoms with van der Waals surface area (Å²) in [6.07, 6.45) is 1.11. The molecule has 3 heteroatoms. The van der Waals surface area contributed by atoms with Crippen LogP contribution >= 0.6 is 0 Å². The van der Waals surface area contributed by atoms with Crippen molar-refractivity contribution >= 4 is 0 Å². The van der Waals surface area contributed by atoms with E-state index in [0.717, 1.165) is 25.2 Å². The third kappa shape index (κ3) is 2.35. The number of nitrogens with one attached hydrogen (secondary N) is 1. The van der Waals surface area contributed by atoms with Gasteiger partial charge in [0, 0.05) is 12.6 Å². The molecule has 0 amide bonds. The fourth-order valence-corrected chi connectivity index (χ4v) is 1.80. The average Bonchev–Trinajstić information content (AvgIpc) is 2.55. The molecule has 0 bridgehead atoms. The zero-order valence-corrected chi connectivity index (χ0v) is 9.67. The molecule has 1 aromatic rings. The van der Waals surface area contributed by atoms with Crippen LogP contribution in [-0.4, -0.2) is 16.3 Å². The third-order valence-corrected chi connectivity index (χ3v) is 2.45. The topological polar surface area (TPSA) is 29.9 Å². The van der Waals surface area contributed by atoms with Gasteiger partial charge in [0.25, 0.3) is 0 Å². The van der Waals surface area contributed by atoms with Gasteiger partial charge < -0.3 is 5.32 Å². The number of rotatable bonds is 5. The normalized spacial score (nSPS) is 13.1. The highest BCUT2D eigenvalue weighted by molar-refractivity contribution is 5.13. The second kappa shape index (κ2) is 5.15. The second-order valence-corrected chi connectivity index (χ2v) is 3.54. The summed E-state index contributed by atoms with van der Waals surface area (Å²) in [5.41, 5.74) is 2.42. The van der Waals surface area contributed by atoms with E-state index in [1.54, 1.807) is 0 Å². The van der Waals surface area contributed by atoms with Gasteiger partial charge in [-0.3, -0.25) is 4.68 Å². The highest BCUT2D eigenvalue weighted by Gasteiger charge is 2.13. The van der Waals surface area contributed by atoms with Gasteiger partial charge in [-0.25, -0.2) is 0 Å². The number of hydrogen-bond donors (Lipinski definition) is 1. The lowest BCUT2D eigenvalue weighted by Gasteiger charge is -2.16. The third-order valence-electron chi connectivity index (χ3n) is 2.45. The molecule has 0 aliphatic rings. The molecule has 0 aliphatic carbocycles. The minimum atomic E-state index is 0.446. The minimum absolute atomic E-state index is 0.446. The minimum Gasteiger partial charge on any atom is -0.309 e. The summed E-state index contributed by atoms with van der Waals surface area (Å²) in [5, 5.41) is 7.93. The highest BCUT2D eigenvalue weighted by atomic mass is 15.3. The van der Waals surface area contributed by atoms with Crippen LogP contribution in [-0.2, 0) is 6.54 Å². The second-order valence-electron chi connectivity index (χ2n) is 3.54. The summed E-state index contributed by atoms with van der Waals surface area (Å²) in [6.45, 7) is 10.5. The summed E-state index contributed by atoms with van der Waals surface area (Å²) in [7, 11) is 0. The monoisotopic (exact) mass is 195 g/mol. The molecular formula is C11H21N3. The molecule has 0 saturated carbocycles. The Morgan fingerprint density at radius 2 is 2.14 bits per heavy atom. The molecule has 0 spiro atoms. The Hall–Kier alpha value is -0.830. The summed E-state index contributed by atoms with van der Waals surface area (Å²) in [5.74, 6) is 0. The molecular weight excluding hydrogens is 174 g/mol. The van der Waals surface area contributed by atoms with Gasteiger partial charge in [-0.05, 0) is 32.9 Å². The van der Waals surface area contributed by atoms with Gasteiger partial charge >= 0.3 is 0 Å². The molecule has 0 aromatic carbocycles. The van der Waals surface area contributed by atoms with Crippen molar-refractivity contribution in [1.29, 1.82) is 0 Å². The van der Waals surface area contributed by atoms with Crippen molar-refractivity contribution in [2.24, 2.45) is 0 Å². The first-order valence-corrected chi connectivity index (χ1v) is 5.50. The van der Waals surface area contributed by atoms with Gasteiger partial charge in [0.05, 0.1) is 11.4 Å². The molecule has 0 fully saturated rings. The summed E-state index contributed by atoms with van der Waals surface area (Å²) in [4.78, 5) is 0. The molecule has 1 aromatic heterocycles. The summed E-state index contributed by atoms with van der Waals surface area (Å²) in [6, 6.07) is 2.63. The van der Waals surface area contributed by atoms with Gasteiger partial charge in [-0.2, -0.15) is 5.10 Å². The average molecular weight is 195 g/mol. The first-order chi connectivity index (χ1) is 6.72. The molecule has 1 rings (SSSR count). The van der Waals surface area contributed by atoms with Crippen molar-refractivity contribution in [1.82, 2.24) is 15.1 Å². The molecule has 3 nitrogen and oxygen atoms in total. The predicted molar refractivity (Wildman–Crippen MR) is 59.3 cm³/mol. The molecule has 0 radical (unpaired) electrons. The lowest BCUT2D eigenvalue weighted by molar-refractivity contribution is 0.481. The van der Waals surface area contributed by atoms with E-state index in [4.69, 9.17) is 0 Å². The van der Waals surface area contributed by atoms with Gasteiger partial charge in [0.2, 0.25) is 0 Å². The molecule has 1 N–H and O–H groups in total. The van der Waals surface area contributed by atoms with Crippen LogP contribution < -0.4 is 5.32 Å². The SMILES string of the molecule is CCNC(CC)c1cc(C)nn1CC. The number of hydrogen-bond acceptors (Lipinski definition) is 2. The first-order valence-electron chi connectivity index (χ1n) is 5.50. The van der Waals surface area contributed by atoms with Crippen LogP contribution in [0, 0.1) is 6.92 Å². The van der Waals surface area contributed by atoms with Crippen molar-refractivity contribution < 1.29 is 0 Å². The lowest BCUT2D eigenvalue weighted by atomic mass is 10.1. The van der Waals surface area contributed by atoms with E-state index in [9.17, 15) is 0 Å². The molecule has 1 atom stereocenters. The Balaban J connectivity index is 2.89. The van der Waals surface area contributed by atoms with Gasteiger partial charge in [0.15, 0.2) is 0 Å². The van der Waals surface area contributed by atoms with E-state index in [2.05, 4.69) is 41.9 Å². The van der Waals surface area contributed by atoms with Crippen LogP contribution in [0.25, 0.3) is 0 Å². The Labute approximate surface area is 86.5 Å². The van der Waals surface area contributed by atoms with Crippen molar-refractivity contribution in [3.63, 3.8) is 0 Å². The Morgan fingerprint density at radius 3 is 2.64 bits per heavy atom. The largest absolute Gasteiger partial charge is 0.309 e. The van der Waals surface area contributed by atoms with E-state index < -0.39 is 0 Å². The van der Waals surface area contributed by atoms with Crippen LogP contribution in [0.1, 0.15) is 44.6 Å². The van der Waals surface area contributed by atoms with Gasteiger partial charge in [-0.1, -0.05) is 13.8 Å². The van der Waals surface area contributed by atoms with E-state index in [1.165, 1.54) is 5.69 Å². The Morgan fingerprint density at radius 1 is 1.43 bits per heavy atom. The summed E-state index contributed by atoms with van der Waals surface area (Å²) < 4.78 is 2.09. The Bertz CT molecular complexity index is 278. The Kier molecular flexibility index (Phi) is 4.14. The van der Waals surface area contributed by atoms with E-state index >= 15 is 0 Å². The maximum absolute atomic E-state index is 4.46. The van der Waals surface area contributed by atoms with Crippen LogP contribution in [0.15, 0.2) is 6.07 Å². The van der Waals surface area contributed by atoms with Crippen LogP contribution in [0.2, 0.25) is 0 Å². The van der Waals surface area contributed by atoms with Crippen molar-refractivity contribution in [2.45, 2.75) is 46.7 Å². The smallest absolute Gasteiger partial charge is 0.0597 e. The van der Waals surface area contributed by atoms with Crippen molar-refractivity contribution in [3.05, 3.63) is 17.5 Å². The predicted octanol–water partition coefficient (Wildman–Crippen LogP) is 2.27. The van der Waals surface area contributed by atoms with Crippen molar-refractivity contribution in [2.75, 3.05) is 6.54 Å². The maximum Gasteiger partial charge on any atom is 0.0597 e. The molecule has 0 aliphatic heterocycles. The number of aromatic nitrogens is 2. The van der Waals surface area contributed by atoms with Crippen LogP contribution in [0.3, 0.4) is 0 Å². The standard InChI is InChI=1S/C11H21N3/c1-5-10(12-6-2)11-8-9(4)13-14(11)7-3/h8,10,12H,5-7H2,1-4H3.